The third kappa shape index (κ3) is 3.52. The van der Waals surface area contributed by atoms with Gasteiger partial charge in [0.2, 0.25) is 23.6 Å². The van der Waals surface area contributed by atoms with Crippen LogP contribution < -0.4 is 9.80 Å². The normalized spacial score (nSPS) is 28.9. The molecule has 0 spiro atoms. The molecule has 2 aliphatic heterocycles. The Morgan fingerprint density at radius 3 is 1.69 bits per heavy atom. The van der Waals surface area contributed by atoms with E-state index in [9.17, 15) is 19.2 Å². The predicted molar refractivity (Wildman–Crippen MR) is 184 cm³/mol. The van der Waals surface area contributed by atoms with Gasteiger partial charge in [-0.05, 0) is 46.4 Å². The molecule has 11 rings (SSSR count). The SMILES string of the molecule is O=C1C2CC(c3ccccc3)=C3C4C=CC(C5C(=O)N(c6cccc7ccccc67)C(=O)C45)C3C2C(=O)N1c1cccc2ccccc12. The number of carbonyl (C=O) groups excluding carboxylic acids is 4. The van der Waals surface area contributed by atoms with Gasteiger partial charge in [-0.2, -0.15) is 0 Å². The highest BCUT2D eigenvalue weighted by atomic mass is 16.2. The summed E-state index contributed by atoms with van der Waals surface area (Å²) in [7, 11) is 0. The maximum atomic E-state index is 14.7. The van der Waals surface area contributed by atoms with Gasteiger partial charge < -0.3 is 0 Å². The van der Waals surface area contributed by atoms with Crippen LogP contribution in [0.25, 0.3) is 27.1 Å². The lowest BCUT2D eigenvalue weighted by Gasteiger charge is -2.51. The fourth-order valence-electron chi connectivity index (χ4n) is 9.80. The van der Waals surface area contributed by atoms with Crippen molar-refractivity contribution in [3.8, 4) is 0 Å². The number of nitrogens with zero attached hydrogens (tertiary/aromatic N) is 2. The van der Waals surface area contributed by atoms with Gasteiger partial charge in [0.1, 0.15) is 0 Å². The molecule has 1 saturated carbocycles. The average molecular weight is 627 g/mol. The summed E-state index contributed by atoms with van der Waals surface area (Å²) in [6.07, 6.45) is 4.58. The third-order valence-corrected chi connectivity index (χ3v) is 11.6. The quantitative estimate of drug-likeness (QED) is 0.157. The number of allylic oxidation sites excluding steroid dienone is 4. The van der Waals surface area contributed by atoms with Crippen molar-refractivity contribution in [2.24, 2.45) is 41.4 Å². The van der Waals surface area contributed by atoms with E-state index in [-0.39, 0.29) is 41.4 Å². The van der Waals surface area contributed by atoms with Crippen LogP contribution in [0, 0.1) is 41.4 Å². The largest absolute Gasteiger partial charge is 0.274 e. The van der Waals surface area contributed by atoms with Crippen LogP contribution in [0.1, 0.15) is 12.0 Å². The number of carbonyl (C=O) groups is 4. The summed E-state index contributed by atoms with van der Waals surface area (Å²) in [4.78, 5) is 61.2. The van der Waals surface area contributed by atoms with E-state index >= 15 is 0 Å². The summed E-state index contributed by atoms with van der Waals surface area (Å²) in [6.45, 7) is 0. The van der Waals surface area contributed by atoms with Crippen LogP contribution in [0.3, 0.4) is 0 Å². The van der Waals surface area contributed by atoms with Crippen LogP contribution in [-0.4, -0.2) is 23.6 Å². The number of fused-ring (bicyclic) bond motifs is 3. The maximum absolute atomic E-state index is 14.7. The van der Waals surface area contributed by atoms with Gasteiger partial charge >= 0.3 is 0 Å². The topological polar surface area (TPSA) is 74.8 Å². The Morgan fingerprint density at radius 1 is 0.479 bits per heavy atom. The Hall–Kier alpha value is -5.62. The number of anilines is 2. The summed E-state index contributed by atoms with van der Waals surface area (Å²) < 4.78 is 0. The van der Waals surface area contributed by atoms with Crippen LogP contribution >= 0.6 is 0 Å². The third-order valence-electron chi connectivity index (χ3n) is 11.6. The van der Waals surface area contributed by atoms with Crippen LogP contribution in [0.15, 0.2) is 133 Å². The summed E-state index contributed by atoms with van der Waals surface area (Å²) >= 11 is 0. The Balaban J connectivity index is 1.14. The van der Waals surface area contributed by atoms with Crippen molar-refractivity contribution in [3.63, 3.8) is 0 Å². The first-order valence-electron chi connectivity index (χ1n) is 16.7. The molecule has 4 aliphatic carbocycles. The number of benzene rings is 5. The molecule has 2 bridgehead atoms. The van der Waals surface area contributed by atoms with Crippen molar-refractivity contribution in [2.45, 2.75) is 6.42 Å². The molecule has 0 aromatic heterocycles. The Morgan fingerprint density at radius 2 is 1.02 bits per heavy atom. The molecular weight excluding hydrogens is 596 g/mol. The lowest BCUT2D eigenvalue weighted by molar-refractivity contribution is -0.129. The number of amides is 4. The monoisotopic (exact) mass is 626 g/mol. The van der Waals surface area contributed by atoms with Gasteiger partial charge in [0.05, 0.1) is 35.0 Å². The van der Waals surface area contributed by atoms with E-state index in [1.165, 1.54) is 9.80 Å². The molecule has 7 unspecified atom stereocenters. The molecule has 3 fully saturated rings. The molecule has 232 valence electrons. The second-order valence-corrected chi connectivity index (χ2v) is 13.7. The minimum absolute atomic E-state index is 0.188. The number of hydrogen-bond acceptors (Lipinski definition) is 4. The van der Waals surface area contributed by atoms with Crippen molar-refractivity contribution in [2.75, 3.05) is 9.80 Å². The van der Waals surface area contributed by atoms with Gasteiger partial charge in [-0.25, -0.2) is 9.80 Å². The van der Waals surface area contributed by atoms with E-state index in [1.54, 1.807) is 0 Å². The van der Waals surface area contributed by atoms with Crippen LogP contribution in [0.4, 0.5) is 11.4 Å². The van der Waals surface area contributed by atoms with Crippen LogP contribution in [-0.2, 0) is 19.2 Å². The molecule has 0 N–H and O–H groups in total. The van der Waals surface area contributed by atoms with E-state index in [1.807, 2.05) is 103 Å². The van der Waals surface area contributed by atoms with Gasteiger partial charge in [0, 0.05) is 22.6 Å². The summed E-state index contributed by atoms with van der Waals surface area (Å²) in [5, 5.41) is 3.62. The van der Waals surface area contributed by atoms with Crippen molar-refractivity contribution in [1.29, 1.82) is 0 Å². The molecule has 48 heavy (non-hydrogen) atoms. The zero-order valence-electron chi connectivity index (χ0n) is 25.9. The fourth-order valence-corrected chi connectivity index (χ4v) is 9.80. The predicted octanol–water partition coefficient (Wildman–Crippen LogP) is 7.19. The molecule has 5 aromatic carbocycles. The highest BCUT2D eigenvalue weighted by molar-refractivity contribution is 6.27. The first-order chi connectivity index (χ1) is 23.5. The van der Waals surface area contributed by atoms with E-state index in [0.717, 1.165) is 38.3 Å². The molecule has 6 nitrogen and oxygen atoms in total. The van der Waals surface area contributed by atoms with Gasteiger partial charge in [0.25, 0.3) is 0 Å². The molecule has 2 saturated heterocycles. The number of hydrogen-bond donors (Lipinski definition) is 0. The van der Waals surface area contributed by atoms with E-state index in [4.69, 9.17) is 0 Å². The zero-order valence-corrected chi connectivity index (χ0v) is 25.9. The summed E-state index contributed by atoms with van der Waals surface area (Å²) in [5.74, 6) is -4.25. The van der Waals surface area contributed by atoms with E-state index in [2.05, 4.69) is 24.3 Å². The zero-order chi connectivity index (χ0) is 32.3. The second kappa shape index (κ2) is 9.94. The molecule has 0 radical (unpaired) electrons. The number of rotatable bonds is 3. The second-order valence-electron chi connectivity index (χ2n) is 13.7. The van der Waals surface area contributed by atoms with Crippen molar-refractivity contribution in [1.82, 2.24) is 0 Å². The lowest BCUT2D eigenvalue weighted by Crippen LogP contribution is -2.51. The van der Waals surface area contributed by atoms with Gasteiger partial charge in [-0.3, -0.25) is 19.2 Å². The summed E-state index contributed by atoms with van der Waals surface area (Å²) in [6, 6.07) is 37.1. The Bertz CT molecular complexity index is 2310. The van der Waals surface area contributed by atoms with E-state index < -0.39 is 23.7 Å². The lowest BCUT2D eigenvalue weighted by atomic mass is 9.49. The molecule has 5 aromatic rings. The molecule has 6 heteroatoms. The first kappa shape index (κ1) is 27.5. The first-order valence-corrected chi connectivity index (χ1v) is 16.7. The molecule has 2 heterocycles. The number of imide groups is 2. The van der Waals surface area contributed by atoms with Gasteiger partial charge in [0.15, 0.2) is 0 Å². The van der Waals surface area contributed by atoms with Gasteiger partial charge in [-0.1, -0.05) is 121 Å². The Kier molecular flexibility index (Phi) is 5.69. The van der Waals surface area contributed by atoms with E-state index in [0.29, 0.717) is 17.8 Å². The van der Waals surface area contributed by atoms with Crippen LogP contribution in [0.5, 0.6) is 0 Å². The highest BCUT2D eigenvalue weighted by Crippen LogP contribution is 2.63. The minimum Gasteiger partial charge on any atom is -0.274 e. The van der Waals surface area contributed by atoms with Crippen LogP contribution in [0.2, 0.25) is 0 Å². The smallest absolute Gasteiger partial charge is 0.238 e. The minimum atomic E-state index is -0.619. The highest BCUT2D eigenvalue weighted by Gasteiger charge is 2.67. The average Bonchev–Trinajstić information content (AvgIpc) is 3.56. The molecule has 6 aliphatic rings. The maximum Gasteiger partial charge on any atom is 0.238 e. The molecule has 7 atom stereocenters. The van der Waals surface area contributed by atoms with Gasteiger partial charge in [-0.15, -0.1) is 0 Å². The standard InChI is InChI=1S/C42H30N2O4/c45-39-31-22-30(25-10-2-1-3-11-25)34-28-20-21-29(35(34)38(31)42(48)43(39)32-18-8-14-23-12-4-6-16-26(23)32)37-36(28)40(46)44(41(37)47)33-19-9-15-24-13-5-7-17-27(24)33/h1-21,28-29,31,35-38H,22H2. The van der Waals surface area contributed by atoms with Crippen molar-refractivity contribution >= 4 is 62.1 Å². The molecular formula is C42H30N2O4. The fraction of sp³-hybridized carbons (Fsp3) is 0.190. The Labute approximate surface area is 277 Å². The molecule has 4 amide bonds. The van der Waals surface area contributed by atoms with Crippen molar-refractivity contribution < 1.29 is 19.2 Å². The summed E-state index contributed by atoms with van der Waals surface area (Å²) in [5.41, 5.74) is 4.29. The van der Waals surface area contributed by atoms with Crippen molar-refractivity contribution in [3.05, 3.63) is 139 Å².